The van der Waals surface area contributed by atoms with E-state index in [1.807, 2.05) is 0 Å². The van der Waals surface area contributed by atoms with Crippen LogP contribution in [0.25, 0.3) is 0 Å². The van der Waals surface area contributed by atoms with Crippen molar-refractivity contribution in [1.82, 2.24) is 9.97 Å². The van der Waals surface area contributed by atoms with Crippen molar-refractivity contribution in [2.75, 3.05) is 38.3 Å². The van der Waals surface area contributed by atoms with Crippen molar-refractivity contribution >= 4 is 5.82 Å². The molecule has 0 aliphatic carbocycles. The number of aromatic nitrogens is 2. The summed E-state index contributed by atoms with van der Waals surface area (Å²) in [6.07, 6.45) is 2.98. The predicted molar refractivity (Wildman–Crippen MR) is 56.0 cm³/mol. The summed E-state index contributed by atoms with van der Waals surface area (Å²) in [5.41, 5.74) is -0.262. The molecule has 0 aliphatic heterocycles. The van der Waals surface area contributed by atoms with Gasteiger partial charge >= 0.3 is 0 Å². The smallest absolute Gasteiger partial charge is 0.290 e. The molecule has 0 aliphatic rings. The molecule has 0 bridgehead atoms. The average Bonchev–Trinajstić information content (AvgIpc) is 2.25. The Morgan fingerprint density at radius 3 is 3.00 bits per heavy atom. The van der Waals surface area contributed by atoms with E-state index in [-0.39, 0.29) is 12.2 Å². The summed E-state index contributed by atoms with van der Waals surface area (Å²) >= 11 is 0. The summed E-state index contributed by atoms with van der Waals surface area (Å²) in [5.74, 6) is 0.309. The molecule has 0 unspecified atom stereocenters. The minimum Gasteiger partial charge on any atom is -0.395 e. The van der Waals surface area contributed by atoms with E-state index >= 15 is 0 Å². The third kappa shape index (κ3) is 3.34. The van der Waals surface area contributed by atoms with Gasteiger partial charge in [-0.1, -0.05) is 0 Å². The number of rotatable bonds is 6. The van der Waals surface area contributed by atoms with E-state index in [9.17, 15) is 4.79 Å². The number of nitrogens with zero attached hydrogens (tertiary/aromatic N) is 2. The second kappa shape index (κ2) is 6.15. The minimum absolute atomic E-state index is 0.0280. The van der Waals surface area contributed by atoms with Gasteiger partial charge in [-0.25, -0.2) is 4.98 Å². The molecule has 0 saturated carbocycles. The van der Waals surface area contributed by atoms with E-state index in [1.54, 1.807) is 12.0 Å². The summed E-state index contributed by atoms with van der Waals surface area (Å²) < 4.78 is 4.92. The number of anilines is 1. The third-order valence-corrected chi connectivity index (χ3v) is 1.92. The van der Waals surface area contributed by atoms with Crippen LogP contribution in [0.15, 0.2) is 17.2 Å². The zero-order valence-electron chi connectivity index (χ0n) is 8.64. The van der Waals surface area contributed by atoms with Crippen LogP contribution in [0.5, 0.6) is 0 Å². The van der Waals surface area contributed by atoms with Gasteiger partial charge in [0.1, 0.15) is 0 Å². The molecule has 0 radical (unpaired) electrons. The van der Waals surface area contributed by atoms with Crippen molar-refractivity contribution in [1.29, 1.82) is 0 Å². The number of aromatic amines is 1. The molecule has 2 N–H and O–H groups in total. The van der Waals surface area contributed by atoms with E-state index in [1.165, 1.54) is 12.4 Å². The first-order valence-corrected chi connectivity index (χ1v) is 4.68. The van der Waals surface area contributed by atoms with E-state index in [0.29, 0.717) is 25.5 Å². The van der Waals surface area contributed by atoms with Gasteiger partial charge in [0.25, 0.3) is 5.56 Å². The minimum atomic E-state index is -0.262. The molecule has 1 rings (SSSR count). The van der Waals surface area contributed by atoms with Crippen molar-refractivity contribution in [3.8, 4) is 0 Å². The van der Waals surface area contributed by atoms with Gasteiger partial charge in [-0.05, 0) is 0 Å². The van der Waals surface area contributed by atoms with Crippen molar-refractivity contribution in [2.45, 2.75) is 0 Å². The van der Waals surface area contributed by atoms with Gasteiger partial charge in [-0.2, -0.15) is 0 Å². The van der Waals surface area contributed by atoms with Crippen LogP contribution in [-0.4, -0.2) is 48.5 Å². The predicted octanol–water partition coefficient (Wildman–Crippen LogP) is -0.785. The summed E-state index contributed by atoms with van der Waals surface area (Å²) in [7, 11) is 1.58. The highest BCUT2D eigenvalue weighted by Crippen LogP contribution is 2.00. The van der Waals surface area contributed by atoms with Crippen molar-refractivity contribution in [3.63, 3.8) is 0 Å². The third-order valence-electron chi connectivity index (χ3n) is 1.92. The summed E-state index contributed by atoms with van der Waals surface area (Å²) in [4.78, 5) is 19.6. The summed E-state index contributed by atoms with van der Waals surface area (Å²) in [6, 6.07) is 0. The monoisotopic (exact) mass is 213 g/mol. The molecule has 0 amide bonds. The molecule has 0 atom stereocenters. The van der Waals surface area contributed by atoms with Gasteiger partial charge in [0, 0.05) is 32.6 Å². The number of aliphatic hydroxyl groups is 1. The van der Waals surface area contributed by atoms with Crippen LogP contribution in [0.3, 0.4) is 0 Å². The first-order valence-electron chi connectivity index (χ1n) is 4.68. The van der Waals surface area contributed by atoms with Crippen LogP contribution in [0, 0.1) is 0 Å². The first kappa shape index (κ1) is 11.7. The SMILES string of the molecule is COCCN(CCO)c1ncc[nH]c1=O. The molecule has 6 heteroatoms. The molecular formula is C9H15N3O3. The lowest BCUT2D eigenvalue weighted by molar-refractivity contribution is 0.202. The first-order chi connectivity index (χ1) is 7.29. The van der Waals surface area contributed by atoms with Crippen LogP contribution < -0.4 is 10.5 Å². The molecule has 84 valence electrons. The fourth-order valence-electron chi connectivity index (χ4n) is 1.22. The fourth-order valence-corrected chi connectivity index (χ4v) is 1.22. The highest BCUT2D eigenvalue weighted by molar-refractivity contribution is 5.34. The number of ether oxygens (including phenoxy) is 1. The molecule has 0 saturated heterocycles. The topological polar surface area (TPSA) is 78.5 Å². The quantitative estimate of drug-likeness (QED) is 0.647. The maximum Gasteiger partial charge on any atom is 0.290 e. The Balaban J connectivity index is 2.79. The molecule has 0 fully saturated rings. The van der Waals surface area contributed by atoms with E-state index < -0.39 is 0 Å². The molecule has 1 aromatic rings. The van der Waals surface area contributed by atoms with Crippen LogP contribution in [-0.2, 0) is 4.74 Å². The fraction of sp³-hybridized carbons (Fsp3) is 0.556. The lowest BCUT2D eigenvalue weighted by Gasteiger charge is -2.20. The van der Waals surface area contributed by atoms with Crippen molar-refractivity contribution < 1.29 is 9.84 Å². The molecule has 15 heavy (non-hydrogen) atoms. The number of H-pyrrole nitrogens is 1. The van der Waals surface area contributed by atoms with Gasteiger partial charge in [-0.3, -0.25) is 4.79 Å². The standard InChI is InChI=1S/C9H15N3O3/c1-15-7-5-12(4-6-13)8-9(14)11-3-2-10-8/h2-3,13H,4-7H2,1H3,(H,11,14). The second-order valence-corrected chi connectivity index (χ2v) is 2.95. The Bertz CT molecular complexity index is 339. The zero-order chi connectivity index (χ0) is 11.1. The van der Waals surface area contributed by atoms with Gasteiger partial charge in [0.05, 0.1) is 13.2 Å². The normalized spacial score (nSPS) is 10.3. The Kier molecular flexibility index (Phi) is 4.79. The molecular weight excluding hydrogens is 198 g/mol. The Labute approximate surface area is 87.5 Å². The van der Waals surface area contributed by atoms with Gasteiger partial charge < -0.3 is 19.7 Å². The summed E-state index contributed by atoms with van der Waals surface area (Å²) in [6.45, 7) is 1.34. The summed E-state index contributed by atoms with van der Waals surface area (Å²) in [5, 5.41) is 8.87. The van der Waals surface area contributed by atoms with Gasteiger partial charge in [0.2, 0.25) is 0 Å². The number of nitrogens with one attached hydrogen (secondary N) is 1. The molecule has 0 aromatic carbocycles. The van der Waals surface area contributed by atoms with Crippen LogP contribution in [0.4, 0.5) is 5.82 Å². The Morgan fingerprint density at radius 2 is 2.40 bits per heavy atom. The van der Waals surface area contributed by atoms with Gasteiger partial charge in [-0.15, -0.1) is 0 Å². The zero-order valence-corrected chi connectivity index (χ0v) is 8.64. The van der Waals surface area contributed by atoms with Crippen molar-refractivity contribution in [2.24, 2.45) is 0 Å². The Hall–Kier alpha value is -1.40. The van der Waals surface area contributed by atoms with Crippen molar-refractivity contribution in [3.05, 3.63) is 22.7 Å². The largest absolute Gasteiger partial charge is 0.395 e. The lowest BCUT2D eigenvalue weighted by Crippen LogP contribution is -2.35. The average molecular weight is 213 g/mol. The lowest BCUT2D eigenvalue weighted by atomic mass is 10.4. The second-order valence-electron chi connectivity index (χ2n) is 2.95. The van der Waals surface area contributed by atoms with Crippen LogP contribution >= 0.6 is 0 Å². The van der Waals surface area contributed by atoms with Gasteiger partial charge in [0.15, 0.2) is 5.82 Å². The number of methoxy groups -OCH3 is 1. The molecule has 6 nitrogen and oxygen atoms in total. The molecule has 0 spiro atoms. The highest BCUT2D eigenvalue weighted by Gasteiger charge is 2.10. The highest BCUT2D eigenvalue weighted by atomic mass is 16.5. The number of hydrogen-bond donors (Lipinski definition) is 2. The Morgan fingerprint density at radius 1 is 1.60 bits per heavy atom. The van der Waals surface area contributed by atoms with E-state index in [2.05, 4.69) is 9.97 Å². The van der Waals surface area contributed by atoms with E-state index in [4.69, 9.17) is 9.84 Å². The maximum atomic E-state index is 11.4. The van der Waals surface area contributed by atoms with E-state index in [0.717, 1.165) is 0 Å². The molecule has 1 heterocycles. The molecule has 1 aromatic heterocycles. The number of hydrogen-bond acceptors (Lipinski definition) is 5. The van der Waals surface area contributed by atoms with Crippen LogP contribution in [0.2, 0.25) is 0 Å². The maximum absolute atomic E-state index is 11.4. The van der Waals surface area contributed by atoms with Crippen LogP contribution in [0.1, 0.15) is 0 Å². The number of aliphatic hydroxyl groups excluding tert-OH is 1.